The first-order chi connectivity index (χ1) is 7.40. The number of aryl methyl sites for hydroxylation is 1. The average molecular weight is 218 g/mol. The van der Waals surface area contributed by atoms with Crippen molar-refractivity contribution in [2.24, 2.45) is 0 Å². The fourth-order valence-electron chi connectivity index (χ4n) is 1.52. The Kier molecular flexibility index (Phi) is 3.45. The van der Waals surface area contributed by atoms with Gasteiger partial charge in [0.15, 0.2) is 0 Å². The third kappa shape index (κ3) is 2.63. The minimum absolute atomic E-state index is 0.945. The molecule has 0 N–H and O–H groups in total. The molecule has 15 heavy (non-hydrogen) atoms. The van der Waals surface area contributed by atoms with E-state index in [0.29, 0.717) is 0 Å². The van der Waals surface area contributed by atoms with Crippen LogP contribution in [0.5, 0.6) is 0 Å². The maximum Gasteiger partial charge on any atom is 0.0645 e. The molecule has 2 rings (SSSR count). The molecule has 0 aliphatic rings. The zero-order valence-electron chi connectivity index (χ0n) is 8.50. The predicted octanol–water partition coefficient (Wildman–Crippen LogP) is 2.73. The van der Waals surface area contributed by atoms with E-state index < -0.39 is 0 Å². The zero-order chi connectivity index (χ0) is 10.5. The molecule has 1 heterocycles. The molecule has 0 unspecified atom stereocenters. The van der Waals surface area contributed by atoms with Crippen molar-refractivity contribution in [2.45, 2.75) is 12.8 Å². The van der Waals surface area contributed by atoms with Gasteiger partial charge < -0.3 is 0 Å². The highest BCUT2D eigenvalue weighted by Crippen LogP contribution is 2.10. The number of hydrogen-bond donors (Lipinski definition) is 1. The number of benzene rings is 1. The van der Waals surface area contributed by atoms with Gasteiger partial charge in [0.05, 0.1) is 5.69 Å². The van der Waals surface area contributed by atoms with Gasteiger partial charge >= 0.3 is 0 Å². The molecule has 0 aliphatic carbocycles. The molecule has 1 aromatic carbocycles. The van der Waals surface area contributed by atoms with Crippen molar-refractivity contribution in [3.8, 4) is 5.69 Å². The summed E-state index contributed by atoms with van der Waals surface area (Å²) in [5, 5.41) is 4.18. The average Bonchev–Trinajstić information content (AvgIpc) is 2.80. The van der Waals surface area contributed by atoms with Crippen LogP contribution >= 0.6 is 12.6 Å². The molecule has 0 saturated carbocycles. The van der Waals surface area contributed by atoms with Gasteiger partial charge in [0.25, 0.3) is 0 Å². The lowest BCUT2D eigenvalue weighted by molar-refractivity contribution is 0.876. The lowest BCUT2D eigenvalue weighted by Gasteiger charge is -2.03. The van der Waals surface area contributed by atoms with E-state index >= 15 is 0 Å². The van der Waals surface area contributed by atoms with Crippen LogP contribution in [-0.4, -0.2) is 15.5 Å². The van der Waals surface area contributed by atoms with Crippen LogP contribution in [0.15, 0.2) is 42.7 Å². The lowest BCUT2D eigenvalue weighted by Crippen LogP contribution is -1.94. The van der Waals surface area contributed by atoms with Gasteiger partial charge in [0, 0.05) is 12.4 Å². The highest BCUT2D eigenvalue weighted by atomic mass is 32.1. The summed E-state index contributed by atoms with van der Waals surface area (Å²) in [5.74, 6) is 0.945. The maximum absolute atomic E-state index is 4.21. The van der Waals surface area contributed by atoms with Gasteiger partial charge in [-0.3, -0.25) is 0 Å². The Morgan fingerprint density at radius 1 is 1.20 bits per heavy atom. The van der Waals surface area contributed by atoms with Crippen LogP contribution in [0, 0.1) is 0 Å². The first-order valence-electron chi connectivity index (χ1n) is 5.10. The second kappa shape index (κ2) is 5.03. The fourth-order valence-corrected chi connectivity index (χ4v) is 1.68. The molecule has 2 aromatic rings. The van der Waals surface area contributed by atoms with Crippen molar-refractivity contribution in [1.82, 2.24) is 9.78 Å². The van der Waals surface area contributed by atoms with Crippen LogP contribution in [0.2, 0.25) is 0 Å². The third-order valence-electron chi connectivity index (χ3n) is 2.33. The topological polar surface area (TPSA) is 17.8 Å². The predicted molar refractivity (Wildman–Crippen MR) is 65.7 cm³/mol. The van der Waals surface area contributed by atoms with E-state index in [1.54, 1.807) is 6.20 Å². The largest absolute Gasteiger partial charge is 0.241 e. The molecule has 0 amide bonds. The van der Waals surface area contributed by atoms with Crippen molar-refractivity contribution in [1.29, 1.82) is 0 Å². The normalized spacial score (nSPS) is 10.5. The molecule has 0 radical (unpaired) electrons. The minimum Gasteiger partial charge on any atom is -0.241 e. The van der Waals surface area contributed by atoms with Gasteiger partial charge in [-0.05, 0) is 42.4 Å². The summed E-state index contributed by atoms with van der Waals surface area (Å²) in [6.07, 6.45) is 5.96. The molecular weight excluding hydrogens is 204 g/mol. The Hall–Kier alpha value is -1.22. The third-order valence-corrected chi connectivity index (χ3v) is 2.65. The molecule has 0 fully saturated rings. The Balaban J connectivity index is 2.11. The van der Waals surface area contributed by atoms with E-state index in [1.165, 1.54) is 5.56 Å². The van der Waals surface area contributed by atoms with E-state index in [0.717, 1.165) is 24.3 Å². The molecular formula is C12H14N2S. The van der Waals surface area contributed by atoms with Crippen LogP contribution < -0.4 is 0 Å². The Labute approximate surface area is 95.3 Å². The zero-order valence-corrected chi connectivity index (χ0v) is 9.40. The van der Waals surface area contributed by atoms with Gasteiger partial charge in [0.2, 0.25) is 0 Å². The first kappa shape index (κ1) is 10.3. The molecule has 0 saturated heterocycles. The summed E-state index contributed by atoms with van der Waals surface area (Å²) in [6, 6.07) is 10.4. The SMILES string of the molecule is SCCCc1ccc(-n2cccn2)cc1. The number of nitrogens with zero attached hydrogens (tertiary/aromatic N) is 2. The lowest BCUT2D eigenvalue weighted by atomic mass is 10.1. The Bertz CT molecular complexity index is 392. The smallest absolute Gasteiger partial charge is 0.0645 e. The number of thiol groups is 1. The van der Waals surface area contributed by atoms with E-state index in [-0.39, 0.29) is 0 Å². The van der Waals surface area contributed by atoms with Crippen molar-refractivity contribution in [3.63, 3.8) is 0 Å². The van der Waals surface area contributed by atoms with Crippen molar-refractivity contribution >= 4 is 12.6 Å². The monoisotopic (exact) mass is 218 g/mol. The summed E-state index contributed by atoms with van der Waals surface area (Å²) in [4.78, 5) is 0. The van der Waals surface area contributed by atoms with Crippen LogP contribution in [0.3, 0.4) is 0 Å². The minimum atomic E-state index is 0.945. The van der Waals surface area contributed by atoms with E-state index in [9.17, 15) is 0 Å². The number of rotatable bonds is 4. The van der Waals surface area contributed by atoms with Crippen LogP contribution in [0.25, 0.3) is 5.69 Å². The molecule has 0 spiro atoms. The summed E-state index contributed by atoms with van der Waals surface area (Å²) in [5.41, 5.74) is 2.47. The quantitative estimate of drug-likeness (QED) is 0.781. The molecule has 78 valence electrons. The van der Waals surface area contributed by atoms with E-state index in [4.69, 9.17) is 0 Å². The molecule has 0 aliphatic heterocycles. The Morgan fingerprint density at radius 2 is 2.00 bits per heavy atom. The summed E-state index contributed by atoms with van der Waals surface area (Å²) < 4.78 is 1.86. The van der Waals surface area contributed by atoms with Gasteiger partial charge in [-0.1, -0.05) is 12.1 Å². The second-order valence-corrected chi connectivity index (χ2v) is 3.89. The summed E-state index contributed by atoms with van der Waals surface area (Å²) >= 11 is 4.21. The number of aromatic nitrogens is 2. The second-order valence-electron chi connectivity index (χ2n) is 3.44. The van der Waals surface area contributed by atoms with Crippen molar-refractivity contribution in [2.75, 3.05) is 5.75 Å². The molecule has 3 heteroatoms. The Morgan fingerprint density at radius 3 is 2.60 bits per heavy atom. The van der Waals surface area contributed by atoms with Gasteiger partial charge in [0.1, 0.15) is 0 Å². The van der Waals surface area contributed by atoms with Gasteiger partial charge in [-0.15, -0.1) is 0 Å². The summed E-state index contributed by atoms with van der Waals surface area (Å²) in [7, 11) is 0. The van der Waals surface area contributed by atoms with E-state index in [2.05, 4.69) is 42.0 Å². The highest BCUT2D eigenvalue weighted by Gasteiger charge is 1.96. The molecule has 1 aromatic heterocycles. The summed E-state index contributed by atoms with van der Waals surface area (Å²) in [6.45, 7) is 0. The van der Waals surface area contributed by atoms with Gasteiger partial charge in [-0.2, -0.15) is 17.7 Å². The maximum atomic E-state index is 4.21. The standard InChI is InChI=1S/C12H14N2S/c15-10-1-3-11-4-6-12(7-5-11)14-9-2-8-13-14/h2,4-9,15H,1,3,10H2. The first-order valence-corrected chi connectivity index (χ1v) is 5.73. The van der Waals surface area contributed by atoms with E-state index in [1.807, 2.05) is 16.9 Å². The molecule has 0 atom stereocenters. The fraction of sp³-hybridized carbons (Fsp3) is 0.250. The van der Waals surface area contributed by atoms with Crippen LogP contribution in [-0.2, 0) is 6.42 Å². The molecule has 2 nitrogen and oxygen atoms in total. The van der Waals surface area contributed by atoms with Crippen molar-refractivity contribution < 1.29 is 0 Å². The highest BCUT2D eigenvalue weighted by molar-refractivity contribution is 7.80. The number of hydrogen-bond acceptors (Lipinski definition) is 2. The molecule has 0 bridgehead atoms. The van der Waals surface area contributed by atoms with Crippen molar-refractivity contribution in [3.05, 3.63) is 48.3 Å². The van der Waals surface area contributed by atoms with Crippen LogP contribution in [0.4, 0.5) is 0 Å². The van der Waals surface area contributed by atoms with Crippen LogP contribution in [0.1, 0.15) is 12.0 Å². The van der Waals surface area contributed by atoms with Gasteiger partial charge in [-0.25, -0.2) is 4.68 Å².